The van der Waals surface area contributed by atoms with Crippen molar-refractivity contribution in [2.45, 2.75) is 34.1 Å². The third-order valence-electron chi connectivity index (χ3n) is 5.58. The summed E-state index contributed by atoms with van der Waals surface area (Å²) in [4.78, 5) is 17.0. The standard InChI is InChI=1S/C15H28N2O2/c1-14(2)12(15(14,3)4)13(19)17-7-5-6-16(8-9-17)10-11-18/h12,18H,5-11H2,1-4H3. The maximum Gasteiger partial charge on any atom is 0.226 e. The van der Waals surface area contributed by atoms with Gasteiger partial charge in [-0.25, -0.2) is 0 Å². The van der Waals surface area contributed by atoms with Crippen molar-refractivity contribution in [1.82, 2.24) is 9.80 Å². The number of hydrogen-bond acceptors (Lipinski definition) is 3. The molecular formula is C15H28N2O2. The fourth-order valence-electron chi connectivity index (χ4n) is 3.55. The molecule has 0 radical (unpaired) electrons. The van der Waals surface area contributed by atoms with E-state index in [0.29, 0.717) is 5.91 Å². The van der Waals surface area contributed by atoms with Crippen molar-refractivity contribution in [2.75, 3.05) is 39.3 Å². The van der Waals surface area contributed by atoms with Crippen LogP contribution < -0.4 is 0 Å². The molecule has 1 saturated heterocycles. The lowest BCUT2D eigenvalue weighted by Crippen LogP contribution is -2.37. The molecule has 1 aliphatic heterocycles. The van der Waals surface area contributed by atoms with Gasteiger partial charge in [0, 0.05) is 32.1 Å². The van der Waals surface area contributed by atoms with Crippen LogP contribution in [0.3, 0.4) is 0 Å². The van der Waals surface area contributed by atoms with Crippen LogP contribution in [0.2, 0.25) is 0 Å². The minimum atomic E-state index is 0.126. The number of carbonyl (C=O) groups is 1. The number of hydrogen-bond donors (Lipinski definition) is 1. The molecule has 1 heterocycles. The van der Waals surface area contributed by atoms with Gasteiger partial charge in [0.25, 0.3) is 0 Å². The highest BCUT2D eigenvalue weighted by molar-refractivity contribution is 5.84. The van der Waals surface area contributed by atoms with Crippen molar-refractivity contribution in [3.63, 3.8) is 0 Å². The summed E-state index contributed by atoms with van der Waals surface area (Å²) in [6.45, 7) is 13.3. The van der Waals surface area contributed by atoms with E-state index in [-0.39, 0.29) is 23.4 Å². The molecule has 2 fully saturated rings. The maximum absolute atomic E-state index is 12.7. The highest BCUT2D eigenvalue weighted by Crippen LogP contribution is 2.68. The average Bonchev–Trinajstić information content (AvgIpc) is 2.84. The Kier molecular flexibility index (Phi) is 3.94. The van der Waals surface area contributed by atoms with Gasteiger partial charge in [-0.2, -0.15) is 0 Å². The average molecular weight is 268 g/mol. The van der Waals surface area contributed by atoms with Gasteiger partial charge in [-0.3, -0.25) is 9.69 Å². The first-order chi connectivity index (χ1) is 8.82. The summed E-state index contributed by atoms with van der Waals surface area (Å²) >= 11 is 0. The number of aliphatic hydroxyl groups is 1. The molecule has 1 amide bonds. The van der Waals surface area contributed by atoms with Gasteiger partial charge in [-0.15, -0.1) is 0 Å². The van der Waals surface area contributed by atoms with Crippen molar-refractivity contribution >= 4 is 5.91 Å². The summed E-state index contributed by atoms with van der Waals surface area (Å²) < 4.78 is 0. The Morgan fingerprint density at radius 2 is 1.74 bits per heavy atom. The van der Waals surface area contributed by atoms with Gasteiger partial charge in [0.1, 0.15) is 0 Å². The second kappa shape index (κ2) is 5.06. The zero-order chi connectivity index (χ0) is 14.3. The molecule has 1 aliphatic carbocycles. The number of nitrogens with zero attached hydrogens (tertiary/aromatic N) is 2. The van der Waals surface area contributed by atoms with E-state index >= 15 is 0 Å². The summed E-state index contributed by atoms with van der Waals surface area (Å²) in [7, 11) is 0. The molecule has 1 saturated carbocycles. The third kappa shape index (κ3) is 2.52. The normalized spacial score (nSPS) is 27.1. The maximum atomic E-state index is 12.7. The Morgan fingerprint density at radius 1 is 1.11 bits per heavy atom. The molecular weight excluding hydrogens is 240 g/mol. The molecule has 4 nitrogen and oxygen atoms in total. The summed E-state index contributed by atoms with van der Waals surface area (Å²) in [5.74, 6) is 0.505. The predicted molar refractivity (Wildman–Crippen MR) is 75.8 cm³/mol. The van der Waals surface area contributed by atoms with Gasteiger partial charge in [-0.05, 0) is 23.8 Å². The zero-order valence-corrected chi connectivity index (χ0v) is 12.8. The van der Waals surface area contributed by atoms with Crippen LogP contribution in [0.5, 0.6) is 0 Å². The van der Waals surface area contributed by atoms with E-state index in [0.717, 1.165) is 39.1 Å². The SMILES string of the molecule is CC1(C)C(C(=O)N2CCCN(CCO)CC2)C1(C)C. The van der Waals surface area contributed by atoms with Crippen LogP contribution in [0.15, 0.2) is 0 Å². The number of carbonyl (C=O) groups excluding carboxylic acids is 1. The van der Waals surface area contributed by atoms with Crippen molar-refractivity contribution < 1.29 is 9.90 Å². The highest BCUT2D eigenvalue weighted by atomic mass is 16.3. The van der Waals surface area contributed by atoms with Gasteiger partial charge in [-0.1, -0.05) is 27.7 Å². The van der Waals surface area contributed by atoms with E-state index in [2.05, 4.69) is 32.6 Å². The van der Waals surface area contributed by atoms with E-state index in [1.165, 1.54) is 0 Å². The van der Waals surface area contributed by atoms with E-state index in [4.69, 9.17) is 5.11 Å². The van der Waals surface area contributed by atoms with Gasteiger partial charge in [0.2, 0.25) is 5.91 Å². The molecule has 2 aliphatic rings. The second-order valence-corrected chi connectivity index (χ2v) is 7.12. The Bertz CT molecular complexity index is 338. The van der Waals surface area contributed by atoms with Gasteiger partial charge in [0.15, 0.2) is 0 Å². The molecule has 19 heavy (non-hydrogen) atoms. The van der Waals surface area contributed by atoms with Crippen LogP contribution in [0.25, 0.3) is 0 Å². The minimum absolute atomic E-state index is 0.126. The van der Waals surface area contributed by atoms with Crippen molar-refractivity contribution in [2.24, 2.45) is 16.7 Å². The summed E-state index contributed by atoms with van der Waals surface area (Å²) in [5.41, 5.74) is 0.252. The monoisotopic (exact) mass is 268 g/mol. The predicted octanol–water partition coefficient (Wildman–Crippen LogP) is 1.20. The lowest BCUT2D eigenvalue weighted by molar-refractivity contribution is -0.133. The van der Waals surface area contributed by atoms with Crippen LogP contribution in [0.4, 0.5) is 0 Å². The second-order valence-electron chi connectivity index (χ2n) is 7.12. The number of rotatable bonds is 3. The smallest absolute Gasteiger partial charge is 0.226 e. The van der Waals surface area contributed by atoms with Crippen molar-refractivity contribution in [3.05, 3.63) is 0 Å². The van der Waals surface area contributed by atoms with E-state index in [1.54, 1.807) is 0 Å². The first-order valence-electron chi connectivity index (χ1n) is 7.44. The quantitative estimate of drug-likeness (QED) is 0.836. The van der Waals surface area contributed by atoms with Crippen LogP contribution in [-0.2, 0) is 4.79 Å². The molecule has 0 unspecified atom stereocenters. The van der Waals surface area contributed by atoms with E-state index in [1.807, 2.05) is 4.90 Å². The van der Waals surface area contributed by atoms with E-state index in [9.17, 15) is 4.79 Å². The number of aliphatic hydroxyl groups excluding tert-OH is 1. The van der Waals surface area contributed by atoms with Crippen molar-refractivity contribution in [3.8, 4) is 0 Å². The molecule has 2 rings (SSSR count). The molecule has 0 spiro atoms. The Hall–Kier alpha value is -0.610. The Morgan fingerprint density at radius 3 is 2.26 bits per heavy atom. The summed E-state index contributed by atoms with van der Waals surface area (Å²) in [5, 5.41) is 9.00. The summed E-state index contributed by atoms with van der Waals surface area (Å²) in [6, 6.07) is 0. The molecule has 0 aromatic heterocycles. The number of amides is 1. The largest absolute Gasteiger partial charge is 0.395 e. The van der Waals surface area contributed by atoms with Gasteiger partial charge < -0.3 is 10.0 Å². The van der Waals surface area contributed by atoms with Gasteiger partial charge in [0.05, 0.1) is 6.61 Å². The minimum Gasteiger partial charge on any atom is -0.395 e. The Labute approximate surface area is 116 Å². The van der Waals surface area contributed by atoms with E-state index < -0.39 is 0 Å². The molecule has 4 heteroatoms. The van der Waals surface area contributed by atoms with Crippen LogP contribution in [-0.4, -0.2) is 60.1 Å². The molecule has 0 bridgehead atoms. The fourth-order valence-corrected chi connectivity index (χ4v) is 3.55. The fraction of sp³-hybridized carbons (Fsp3) is 0.933. The molecule has 0 aromatic carbocycles. The first-order valence-corrected chi connectivity index (χ1v) is 7.44. The van der Waals surface area contributed by atoms with Gasteiger partial charge >= 0.3 is 0 Å². The molecule has 0 aromatic rings. The molecule has 1 N–H and O–H groups in total. The highest BCUT2D eigenvalue weighted by Gasteiger charge is 2.68. The zero-order valence-electron chi connectivity index (χ0n) is 12.8. The molecule has 110 valence electrons. The lowest BCUT2D eigenvalue weighted by Gasteiger charge is -2.22. The number of β-amino-alcohol motifs (C(OH)–C–C–N with tert-alkyl or cyclic N) is 1. The summed E-state index contributed by atoms with van der Waals surface area (Å²) in [6.07, 6.45) is 1.01. The third-order valence-corrected chi connectivity index (χ3v) is 5.58. The molecule has 0 atom stereocenters. The topological polar surface area (TPSA) is 43.8 Å². The lowest BCUT2D eigenvalue weighted by atomic mass is 10.0. The Balaban J connectivity index is 1.95. The van der Waals surface area contributed by atoms with Crippen molar-refractivity contribution in [1.29, 1.82) is 0 Å². The van der Waals surface area contributed by atoms with Crippen LogP contribution >= 0.6 is 0 Å². The van der Waals surface area contributed by atoms with Crippen LogP contribution in [0, 0.1) is 16.7 Å². The first kappa shape index (κ1) is 14.8. The van der Waals surface area contributed by atoms with Crippen LogP contribution in [0.1, 0.15) is 34.1 Å².